The number of hydrogen-bond acceptors (Lipinski definition) is 5. The van der Waals surface area contributed by atoms with Crippen LogP contribution in [0.3, 0.4) is 0 Å². The van der Waals surface area contributed by atoms with Gasteiger partial charge in [0.05, 0.1) is 17.9 Å². The summed E-state index contributed by atoms with van der Waals surface area (Å²) in [5.74, 6) is -0.0582. The first-order valence-electron chi connectivity index (χ1n) is 5.99. The number of hydrogen-bond donors (Lipinski definition) is 1. The van der Waals surface area contributed by atoms with Gasteiger partial charge < -0.3 is 10.1 Å². The number of fused-ring (bicyclic) bond motifs is 1. The molecule has 0 aliphatic rings. The predicted octanol–water partition coefficient (Wildman–Crippen LogP) is 3.00. The first-order valence-corrected chi connectivity index (χ1v) is 5.99. The van der Waals surface area contributed by atoms with Crippen molar-refractivity contribution in [3.05, 3.63) is 48.5 Å². The van der Waals surface area contributed by atoms with Gasteiger partial charge in [-0.15, -0.1) is 0 Å². The third-order valence-electron chi connectivity index (χ3n) is 2.72. The molecule has 2 aromatic heterocycles. The van der Waals surface area contributed by atoms with Gasteiger partial charge in [0, 0.05) is 12.4 Å². The summed E-state index contributed by atoms with van der Waals surface area (Å²) in [7, 11) is 1.65. The Morgan fingerprint density at radius 3 is 2.85 bits per heavy atom. The number of nitrogens with one attached hydrogen (secondary N) is 1. The van der Waals surface area contributed by atoms with Crippen molar-refractivity contribution in [2.24, 2.45) is 0 Å². The molecule has 0 aliphatic carbocycles. The van der Waals surface area contributed by atoms with E-state index < -0.39 is 5.82 Å². The van der Waals surface area contributed by atoms with Gasteiger partial charge in [-0.1, -0.05) is 18.2 Å². The zero-order chi connectivity index (χ0) is 13.9. The molecular formula is C14H11FN4O. The number of aromatic nitrogens is 3. The Morgan fingerprint density at radius 1 is 1.15 bits per heavy atom. The zero-order valence-electron chi connectivity index (χ0n) is 10.7. The van der Waals surface area contributed by atoms with Gasteiger partial charge in [-0.25, -0.2) is 4.98 Å². The molecule has 3 aromatic rings. The number of nitrogens with zero attached hydrogens (tertiary/aromatic N) is 3. The summed E-state index contributed by atoms with van der Waals surface area (Å²) in [6.07, 6.45) is 2.59. The van der Waals surface area contributed by atoms with Crippen LogP contribution in [-0.4, -0.2) is 22.0 Å². The van der Waals surface area contributed by atoms with Crippen molar-refractivity contribution < 1.29 is 9.13 Å². The molecule has 0 aliphatic heterocycles. The molecular weight excluding hydrogens is 259 g/mol. The number of benzene rings is 1. The van der Waals surface area contributed by atoms with Gasteiger partial charge in [0.1, 0.15) is 5.75 Å². The van der Waals surface area contributed by atoms with E-state index >= 15 is 0 Å². The number of rotatable bonds is 3. The van der Waals surface area contributed by atoms with Crippen molar-refractivity contribution in [1.29, 1.82) is 0 Å². The van der Waals surface area contributed by atoms with Gasteiger partial charge in [-0.05, 0) is 12.1 Å². The highest BCUT2D eigenvalue weighted by atomic mass is 19.1. The van der Waals surface area contributed by atoms with Crippen molar-refractivity contribution in [2.75, 3.05) is 12.4 Å². The molecule has 0 saturated heterocycles. The zero-order valence-corrected chi connectivity index (χ0v) is 10.7. The third kappa shape index (κ3) is 2.35. The molecule has 0 saturated carbocycles. The van der Waals surface area contributed by atoms with E-state index in [1.165, 1.54) is 6.20 Å². The maximum absolute atomic E-state index is 13.6. The highest BCUT2D eigenvalue weighted by Crippen LogP contribution is 2.24. The minimum atomic E-state index is -0.628. The molecule has 5 nitrogen and oxygen atoms in total. The Labute approximate surface area is 114 Å². The molecule has 0 radical (unpaired) electrons. The molecule has 0 fully saturated rings. The lowest BCUT2D eigenvalue weighted by Crippen LogP contribution is -2.00. The molecule has 0 atom stereocenters. The van der Waals surface area contributed by atoms with Crippen LogP contribution in [0.5, 0.6) is 11.6 Å². The van der Waals surface area contributed by atoms with Crippen LogP contribution in [0.1, 0.15) is 0 Å². The highest BCUT2D eigenvalue weighted by molar-refractivity contribution is 5.79. The van der Waals surface area contributed by atoms with Crippen LogP contribution in [-0.2, 0) is 0 Å². The standard InChI is InChI=1S/C14H11FN4O/c1-16-14-18-8-11(15)13(19-14)20-10-6-9-4-2-3-5-12(9)17-7-10/h2-8H,1H3,(H,16,18,19). The van der Waals surface area contributed by atoms with Gasteiger partial charge in [0.2, 0.25) is 11.8 Å². The molecule has 0 unspecified atom stereocenters. The van der Waals surface area contributed by atoms with Crippen molar-refractivity contribution in [3.8, 4) is 11.6 Å². The Morgan fingerprint density at radius 2 is 2.00 bits per heavy atom. The summed E-state index contributed by atoms with van der Waals surface area (Å²) in [5, 5.41) is 3.64. The van der Waals surface area contributed by atoms with Crippen LogP contribution in [0, 0.1) is 5.82 Å². The average Bonchev–Trinajstić information content (AvgIpc) is 2.49. The minimum Gasteiger partial charge on any atom is -0.435 e. The van der Waals surface area contributed by atoms with Crippen molar-refractivity contribution in [3.63, 3.8) is 0 Å². The normalized spacial score (nSPS) is 10.5. The molecule has 100 valence electrons. The molecule has 1 N–H and O–H groups in total. The molecule has 0 amide bonds. The fourth-order valence-electron chi connectivity index (χ4n) is 1.76. The predicted molar refractivity (Wildman–Crippen MR) is 73.4 cm³/mol. The first kappa shape index (κ1) is 12.3. The fourth-order valence-corrected chi connectivity index (χ4v) is 1.76. The smallest absolute Gasteiger partial charge is 0.260 e. The lowest BCUT2D eigenvalue weighted by atomic mass is 10.2. The lowest BCUT2D eigenvalue weighted by molar-refractivity contribution is 0.420. The highest BCUT2D eigenvalue weighted by Gasteiger charge is 2.09. The van der Waals surface area contributed by atoms with Gasteiger partial charge in [0.25, 0.3) is 5.88 Å². The minimum absolute atomic E-state index is 0.138. The SMILES string of the molecule is CNc1ncc(F)c(Oc2cnc3ccccc3c2)n1. The van der Waals surface area contributed by atoms with Gasteiger partial charge in [-0.2, -0.15) is 9.37 Å². The number of anilines is 1. The average molecular weight is 270 g/mol. The van der Waals surface area contributed by atoms with Gasteiger partial charge >= 0.3 is 0 Å². The van der Waals surface area contributed by atoms with E-state index in [0.29, 0.717) is 5.75 Å². The molecule has 20 heavy (non-hydrogen) atoms. The second-order valence-electron chi connectivity index (χ2n) is 4.06. The fraction of sp³-hybridized carbons (Fsp3) is 0.0714. The summed E-state index contributed by atoms with van der Waals surface area (Å²) in [6, 6.07) is 9.38. The van der Waals surface area contributed by atoms with Crippen LogP contribution in [0.2, 0.25) is 0 Å². The Kier molecular flexibility index (Phi) is 3.12. The van der Waals surface area contributed by atoms with E-state index in [1.807, 2.05) is 24.3 Å². The Bertz CT molecular complexity index is 763. The van der Waals surface area contributed by atoms with Gasteiger partial charge in [-0.3, -0.25) is 4.98 Å². The Balaban J connectivity index is 1.96. The van der Waals surface area contributed by atoms with E-state index in [0.717, 1.165) is 17.1 Å². The first-order chi connectivity index (χ1) is 9.76. The largest absolute Gasteiger partial charge is 0.435 e. The van der Waals surface area contributed by atoms with Crippen molar-refractivity contribution in [2.45, 2.75) is 0 Å². The summed E-state index contributed by atoms with van der Waals surface area (Å²) in [4.78, 5) is 11.9. The summed E-state index contributed by atoms with van der Waals surface area (Å²) in [6.45, 7) is 0. The molecule has 6 heteroatoms. The third-order valence-corrected chi connectivity index (χ3v) is 2.72. The van der Waals surface area contributed by atoms with Crippen LogP contribution in [0.4, 0.5) is 10.3 Å². The van der Waals surface area contributed by atoms with Crippen LogP contribution in [0.25, 0.3) is 10.9 Å². The monoisotopic (exact) mass is 270 g/mol. The number of pyridine rings is 1. The van der Waals surface area contributed by atoms with E-state index in [2.05, 4.69) is 20.3 Å². The van der Waals surface area contributed by atoms with Crippen LogP contribution >= 0.6 is 0 Å². The number of para-hydroxylation sites is 1. The maximum Gasteiger partial charge on any atom is 0.260 e. The maximum atomic E-state index is 13.6. The van der Waals surface area contributed by atoms with E-state index in [-0.39, 0.29) is 11.8 Å². The topological polar surface area (TPSA) is 59.9 Å². The molecule has 1 aromatic carbocycles. The van der Waals surface area contributed by atoms with E-state index in [9.17, 15) is 4.39 Å². The van der Waals surface area contributed by atoms with Crippen LogP contribution < -0.4 is 10.1 Å². The summed E-state index contributed by atoms with van der Waals surface area (Å²) < 4.78 is 19.0. The van der Waals surface area contributed by atoms with Crippen LogP contribution in [0.15, 0.2) is 42.7 Å². The van der Waals surface area contributed by atoms with E-state index in [1.54, 1.807) is 13.1 Å². The molecule has 0 bridgehead atoms. The van der Waals surface area contributed by atoms with Gasteiger partial charge in [0.15, 0.2) is 0 Å². The summed E-state index contributed by atoms with van der Waals surface area (Å²) in [5.41, 5.74) is 0.846. The second kappa shape index (κ2) is 5.08. The summed E-state index contributed by atoms with van der Waals surface area (Å²) >= 11 is 0. The van der Waals surface area contributed by atoms with Crippen molar-refractivity contribution >= 4 is 16.9 Å². The van der Waals surface area contributed by atoms with E-state index in [4.69, 9.17) is 4.74 Å². The number of halogens is 1. The quantitative estimate of drug-likeness (QED) is 0.792. The van der Waals surface area contributed by atoms with Crippen molar-refractivity contribution in [1.82, 2.24) is 15.0 Å². The second-order valence-corrected chi connectivity index (χ2v) is 4.06. The molecule has 0 spiro atoms. The number of ether oxygens (including phenoxy) is 1. The Hall–Kier alpha value is -2.76. The lowest BCUT2D eigenvalue weighted by Gasteiger charge is -2.07. The molecule has 2 heterocycles. The molecule has 3 rings (SSSR count).